The highest BCUT2D eigenvalue weighted by atomic mass is 19.1. The third kappa shape index (κ3) is 3.01. The Kier molecular flexibility index (Phi) is 4.27. The van der Waals surface area contributed by atoms with Gasteiger partial charge in [0.2, 0.25) is 5.91 Å². The van der Waals surface area contributed by atoms with Gasteiger partial charge in [-0.3, -0.25) is 4.79 Å². The second-order valence-corrected chi connectivity index (χ2v) is 6.25. The van der Waals surface area contributed by atoms with Crippen molar-refractivity contribution < 1.29 is 18.7 Å². The van der Waals surface area contributed by atoms with Crippen LogP contribution in [-0.2, 0) is 4.79 Å². The van der Waals surface area contributed by atoms with Crippen molar-refractivity contribution in [3.63, 3.8) is 0 Å². The van der Waals surface area contributed by atoms with Crippen LogP contribution in [0.1, 0.15) is 23.5 Å². The van der Waals surface area contributed by atoms with Gasteiger partial charge >= 0.3 is 0 Å². The predicted molar refractivity (Wildman–Crippen MR) is 98.2 cm³/mol. The quantitative estimate of drug-likeness (QED) is 0.766. The fourth-order valence-corrected chi connectivity index (χ4v) is 3.38. The molecule has 1 aromatic heterocycles. The number of amides is 1. The van der Waals surface area contributed by atoms with Gasteiger partial charge in [-0.05, 0) is 30.3 Å². The van der Waals surface area contributed by atoms with E-state index in [-0.39, 0.29) is 24.1 Å². The zero-order valence-corrected chi connectivity index (χ0v) is 14.9. The number of nitrogens with one attached hydrogen (secondary N) is 1. The van der Waals surface area contributed by atoms with E-state index in [0.29, 0.717) is 23.0 Å². The van der Waals surface area contributed by atoms with Crippen molar-refractivity contribution >= 4 is 11.7 Å². The molecule has 7 heteroatoms. The lowest BCUT2D eigenvalue weighted by molar-refractivity contribution is -0.116. The topological polar surface area (TPSA) is 65.4 Å². The molecule has 2 heterocycles. The maximum absolute atomic E-state index is 13.2. The number of anilines is 1. The van der Waals surface area contributed by atoms with Crippen LogP contribution in [0.25, 0.3) is 5.69 Å². The molecule has 0 fully saturated rings. The van der Waals surface area contributed by atoms with E-state index in [2.05, 4.69) is 10.4 Å². The third-order valence-electron chi connectivity index (χ3n) is 4.71. The molecule has 0 aliphatic carbocycles. The Morgan fingerprint density at radius 3 is 2.59 bits per heavy atom. The van der Waals surface area contributed by atoms with Crippen molar-refractivity contribution in [1.82, 2.24) is 9.78 Å². The third-order valence-corrected chi connectivity index (χ3v) is 4.71. The van der Waals surface area contributed by atoms with Crippen molar-refractivity contribution in [1.29, 1.82) is 0 Å². The smallest absolute Gasteiger partial charge is 0.226 e. The molecule has 138 valence electrons. The Labute approximate surface area is 155 Å². The average molecular weight is 367 g/mol. The minimum Gasteiger partial charge on any atom is -0.497 e. The van der Waals surface area contributed by atoms with Gasteiger partial charge in [-0.1, -0.05) is 6.07 Å². The Balaban J connectivity index is 1.81. The van der Waals surface area contributed by atoms with Gasteiger partial charge < -0.3 is 14.8 Å². The zero-order chi connectivity index (χ0) is 19.0. The first-order valence-electron chi connectivity index (χ1n) is 8.46. The van der Waals surface area contributed by atoms with Crippen LogP contribution in [0.5, 0.6) is 11.5 Å². The molecule has 3 aromatic rings. The molecule has 6 nitrogen and oxygen atoms in total. The second kappa shape index (κ2) is 6.75. The van der Waals surface area contributed by atoms with Gasteiger partial charge in [-0.15, -0.1) is 0 Å². The summed E-state index contributed by atoms with van der Waals surface area (Å²) in [5.74, 6) is 1.26. The Morgan fingerprint density at radius 2 is 1.89 bits per heavy atom. The molecule has 1 aliphatic heterocycles. The first-order valence-corrected chi connectivity index (χ1v) is 8.46. The van der Waals surface area contributed by atoms with Crippen molar-refractivity contribution in [3.05, 3.63) is 65.6 Å². The maximum Gasteiger partial charge on any atom is 0.226 e. The van der Waals surface area contributed by atoms with E-state index in [1.165, 1.54) is 12.1 Å². The van der Waals surface area contributed by atoms with Crippen molar-refractivity contribution in [3.8, 4) is 17.2 Å². The molecule has 1 aliphatic rings. The molecule has 0 unspecified atom stereocenters. The number of carbonyl (C=O) groups excluding carboxylic acids is 1. The van der Waals surface area contributed by atoms with E-state index >= 15 is 0 Å². The lowest BCUT2D eigenvalue weighted by Gasteiger charge is -2.25. The normalized spacial score (nSPS) is 15.8. The van der Waals surface area contributed by atoms with Gasteiger partial charge in [0, 0.05) is 29.5 Å². The minimum absolute atomic E-state index is 0.116. The summed E-state index contributed by atoms with van der Waals surface area (Å²) in [6.07, 6.45) is 2.01. The highest BCUT2D eigenvalue weighted by Crippen LogP contribution is 2.42. The zero-order valence-electron chi connectivity index (χ0n) is 14.9. The molecular formula is C20H18FN3O3. The molecule has 1 N–H and O–H groups in total. The van der Waals surface area contributed by atoms with Gasteiger partial charge in [0.15, 0.2) is 0 Å². The molecule has 1 amide bonds. The summed E-state index contributed by atoms with van der Waals surface area (Å²) < 4.78 is 25.6. The number of halogens is 1. The second-order valence-electron chi connectivity index (χ2n) is 6.25. The van der Waals surface area contributed by atoms with Gasteiger partial charge in [0.05, 0.1) is 26.1 Å². The van der Waals surface area contributed by atoms with Crippen molar-refractivity contribution in [2.75, 3.05) is 19.5 Å². The number of rotatable bonds is 4. The molecule has 0 bridgehead atoms. The summed E-state index contributed by atoms with van der Waals surface area (Å²) in [4.78, 5) is 12.4. The average Bonchev–Trinajstić information content (AvgIpc) is 3.11. The van der Waals surface area contributed by atoms with Gasteiger partial charge in [-0.25, -0.2) is 9.07 Å². The fraction of sp³-hybridized carbons (Fsp3) is 0.200. The van der Waals surface area contributed by atoms with Crippen molar-refractivity contribution in [2.45, 2.75) is 12.3 Å². The van der Waals surface area contributed by atoms with Crippen LogP contribution in [0.15, 0.2) is 48.7 Å². The monoisotopic (exact) mass is 367 g/mol. The molecule has 0 spiro atoms. The molecule has 4 rings (SSSR count). The molecule has 2 aromatic carbocycles. The minimum atomic E-state index is -0.329. The van der Waals surface area contributed by atoms with E-state index in [1.54, 1.807) is 43.3 Å². The summed E-state index contributed by atoms with van der Waals surface area (Å²) in [7, 11) is 3.18. The number of hydrogen-bond acceptors (Lipinski definition) is 4. The van der Waals surface area contributed by atoms with Gasteiger partial charge in [0.25, 0.3) is 0 Å². The van der Waals surface area contributed by atoms with Crippen LogP contribution < -0.4 is 14.8 Å². The molecule has 27 heavy (non-hydrogen) atoms. The van der Waals surface area contributed by atoms with E-state index in [0.717, 1.165) is 11.1 Å². The van der Waals surface area contributed by atoms with Crippen LogP contribution in [0.3, 0.4) is 0 Å². The van der Waals surface area contributed by atoms with Crippen LogP contribution in [0.4, 0.5) is 10.2 Å². The van der Waals surface area contributed by atoms with Gasteiger partial charge in [-0.2, -0.15) is 5.10 Å². The Bertz CT molecular complexity index is 998. The molecule has 1 atom stereocenters. The number of hydrogen-bond donors (Lipinski definition) is 1. The molecule has 0 saturated heterocycles. The number of benzene rings is 2. The van der Waals surface area contributed by atoms with E-state index in [1.807, 2.05) is 12.1 Å². The first kappa shape index (κ1) is 17.1. The predicted octanol–water partition coefficient (Wildman–Crippen LogP) is 3.50. The van der Waals surface area contributed by atoms with Crippen LogP contribution in [-0.4, -0.2) is 29.9 Å². The van der Waals surface area contributed by atoms with Gasteiger partial charge in [0.1, 0.15) is 23.1 Å². The van der Waals surface area contributed by atoms with E-state index in [4.69, 9.17) is 9.47 Å². The van der Waals surface area contributed by atoms with Crippen LogP contribution in [0.2, 0.25) is 0 Å². The number of ether oxygens (including phenoxy) is 2. The van der Waals surface area contributed by atoms with E-state index in [9.17, 15) is 9.18 Å². The number of fused-ring (bicyclic) bond motifs is 1. The number of methoxy groups -OCH3 is 2. The maximum atomic E-state index is 13.2. The summed E-state index contributed by atoms with van der Waals surface area (Å²) in [5.41, 5.74) is 2.43. The van der Waals surface area contributed by atoms with E-state index < -0.39 is 0 Å². The molecular weight excluding hydrogens is 349 g/mol. The summed E-state index contributed by atoms with van der Waals surface area (Å²) >= 11 is 0. The Morgan fingerprint density at radius 1 is 1.11 bits per heavy atom. The largest absolute Gasteiger partial charge is 0.497 e. The highest BCUT2D eigenvalue weighted by molar-refractivity contribution is 5.94. The molecule has 0 saturated carbocycles. The summed E-state index contributed by atoms with van der Waals surface area (Å²) in [6, 6.07) is 11.5. The summed E-state index contributed by atoms with van der Waals surface area (Å²) in [5, 5.41) is 7.29. The van der Waals surface area contributed by atoms with Crippen LogP contribution >= 0.6 is 0 Å². The number of aromatic nitrogens is 2. The van der Waals surface area contributed by atoms with Crippen LogP contribution in [0, 0.1) is 5.82 Å². The Hall–Kier alpha value is -3.35. The lowest BCUT2D eigenvalue weighted by atomic mass is 9.86. The number of carbonyl (C=O) groups is 1. The fourth-order valence-electron chi connectivity index (χ4n) is 3.38. The highest BCUT2D eigenvalue weighted by Gasteiger charge is 2.32. The first-order chi connectivity index (χ1) is 13.1. The number of nitrogens with zero attached hydrogens (tertiary/aromatic N) is 2. The standard InChI is InChI=1S/C20H18FN3O3/c1-26-14-7-8-15(18(9-14)27-2)16-10-19(25)23-20-17(16)11-22-24(20)13-5-3-12(21)4-6-13/h3-9,11,16H,10H2,1-2H3,(H,23,25)/t16-/m1/s1. The lowest BCUT2D eigenvalue weighted by Crippen LogP contribution is -2.24. The summed E-state index contributed by atoms with van der Waals surface area (Å²) in [6.45, 7) is 0. The van der Waals surface area contributed by atoms with Crippen molar-refractivity contribution in [2.24, 2.45) is 0 Å². The molecule has 0 radical (unpaired) electrons. The SMILES string of the molecule is COc1ccc([C@H]2CC(=O)Nc3c2cnn3-c2ccc(F)cc2)c(OC)c1.